The van der Waals surface area contributed by atoms with Gasteiger partial charge >= 0.3 is 0 Å². The van der Waals surface area contributed by atoms with E-state index in [4.69, 9.17) is 17.0 Å². The molecule has 3 heterocycles. The summed E-state index contributed by atoms with van der Waals surface area (Å²) >= 11 is 7.60. The van der Waals surface area contributed by atoms with Gasteiger partial charge in [-0.2, -0.15) is 15.1 Å². The summed E-state index contributed by atoms with van der Waals surface area (Å²) in [4.78, 5) is 16.6. The Morgan fingerprint density at radius 3 is 2.71 bits per heavy atom. The number of halogens is 1. The lowest BCUT2D eigenvalue weighted by molar-refractivity contribution is -0.114. The molecule has 1 aromatic carbocycles. The number of aliphatic imine (C=N–C) groups is 1. The van der Waals surface area contributed by atoms with E-state index in [1.165, 1.54) is 16.8 Å². The molecule has 0 radical (unpaired) electrons. The van der Waals surface area contributed by atoms with Gasteiger partial charge in [0.25, 0.3) is 5.91 Å². The van der Waals surface area contributed by atoms with Gasteiger partial charge in [0, 0.05) is 22.1 Å². The number of amides is 1. The SMILES string of the molecule is CC1=NN2C(=N)/C(=C/c3cc(C)n(-c4cccc(Cl)c4C)c3C)C(=O)N=C2S1. The first-order valence-corrected chi connectivity index (χ1v) is 9.88. The highest BCUT2D eigenvalue weighted by Gasteiger charge is 2.34. The van der Waals surface area contributed by atoms with Crippen molar-refractivity contribution in [3.63, 3.8) is 0 Å². The van der Waals surface area contributed by atoms with Crippen LogP contribution in [0.4, 0.5) is 0 Å². The summed E-state index contributed by atoms with van der Waals surface area (Å²) in [6.45, 7) is 7.80. The zero-order valence-corrected chi connectivity index (χ0v) is 17.4. The number of fused-ring (bicyclic) bond motifs is 1. The van der Waals surface area contributed by atoms with E-state index >= 15 is 0 Å². The molecule has 1 aromatic heterocycles. The molecule has 0 fully saturated rings. The van der Waals surface area contributed by atoms with Gasteiger partial charge in [0.15, 0.2) is 5.84 Å². The van der Waals surface area contributed by atoms with Gasteiger partial charge in [-0.3, -0.25) is 10.2 Å². The van der Waals surface area contributed by atoms with Crippen molar-refractivity contribution < 1.29 is 4.79 Å². The van der Waals surface area contributed by atoms with E-state index in [0.717, 1.165) is 33.2 Å². The zero-order chi connectivity index (χ0) is 20.2. The lowest BCUT2D eigenvalue weighted by Gasteiger charge is -2.20. The van der Waals surface area contributed by atoms with E-state index in [-0.39, 0.29) is 11.4 Å². The minimum Gasteiger partial charge on any atom is -0.318 e. The third kappa shape index (κ3) is 2.91. The van der Waals surface area contributed by atoms with E-state index in [9.17, 15) is 4.79 Å². The molecule has 0 bridgehead atoms. The Balaban J connectivity index is 1.81. The molecule has 28 heavy (non-hydrogen) atoms. The third-order valence-corrected chi connectivity index (χ3v) is 6.04. The minimum atomic E-state index is -0.419. The van der Waals surface area contributed by atoms with Crippen molar-refractivity contribution >= 4 is 51.4 Å². The summed E-state index contributed by atoms with van der Waals surface area (Å²) < 4.78 is 2.10. The van der Waals surface area contributed by atoms with Gasteiger partial charge in [-0.25, -0.2) is 0 Å². The second-order valence-corrected chi connectivity index (χ2v) is 8.25. The van der Waals surface area contributed by atoms with Gasteiger partial charge in [-0.15, -0.1) is 0 Å². The van der Waals surface area contributed by atoms with Crippen molar-refractivity contribution in [1.82, 2.24) is 9.58 Å². The van der Waals surface area contributed by atoms with Crippen molar-refractivity contribution in [1.29, 1.82) is 5.41 Å². The van der Waals surface area contributed by atoms with E-state index in [1.54, 1.807) is 6.08 Å². The average Bonchev–Trinajstić information content (AvgIpc) is 3.13. The smallest absolute Gasteiger partial charge is 0.283 e. The number of thioether (sulfide) groups is 1. The number of amidine groups is 2. The number of nitrogens with one attached hydrogen (secondary N) is 1. The van der Waals surface area contributed by atoms with Crippen LogP contribution in [-0.2, 0) is 4.79 Å². The van der Waals surface area contributed by atoms with E-state index in [1.807, 2.05) is 52.0 Å². The number of aryl methyl sites for hydroxylation is 1. The first-order chi connectivity index (χ1) is 13.3. The number of hydrogen-bond acceptors (Lipinski definition) is 4. The number of rotatable bonds is 2. The number of hydrogen-bond donors (Lipinski definition) is 1. The number of carbonyl (C=O) groups is 1. The number of benzene rings is 1. The van der Waals surface area contributed by atoms with Crippen LogP contribution < -0.4 is 0 Å². The molecule has 0 saturated carbocycles. The molecule has 142 valence electrons. The molecule has 0 atom stereocenters. The predicted octanol–water partition coefficient (Wildman–Crippen LogP) is 4.70. The summed E-state index contributed by atoms with van der Waals surface area (Å²) in [5, 5.41) is 16.0. The lowest BCUT2D eigenvalue weighted by Crippen LogP contribution is -2.35. The number of aromatic nitrogens is 1. The molecule has 4 rings (SSSR count). The topological polar surface area (TPSA) is 73.8 Å². The molecule has 8 heteroatoms. The maximum absolute atomic E-state index is 12.5. The first kappa shape index (κ1) is 18.7. The normalized spacial score (nSPS) is 17.9. The molecule has 0 unspecified atom stereocenters. The predicted molar refractivity (Wildman–Crippen MR) is 116 cm³/mol. The molecular weight excluding hydrogens is 394 g/mol. The van der Waals surface area contributed by atoms with Crippen LogP contribution in [0.2, 0.25) is 5.02 Å². The molecule has 0 aliphatic carbocycles. The Morgan fingerprint density at radius 2 is 1.96 bits per heavy atom. The Hall–Kier alpha value is -2.64. The van der Waals surface area contributed by atoms with Gasteiger partial charge in [0.2, 0.25) is 5.17 Å². The second kappa shape index (κ2) is 6.76. The van der Waals surface area contributed by atoms with Gasteiger partial charge in [0.1, 0.15) is 0 Å². The van der Waals surface area contributed by atoms with Gasteiger partial charge in [-0.1, -0.05) is 17.7 Å². The van der Waals surface area contributed by atoms with Gasteiger partial charge in [-0.05, 0) is 74.9 Å². The van der Waals surface area contributed by atoms with Crippen LogP contribution in [0, 0.1) is 26.2 Å². The van der Waals surface area contributed by atoms with Crippen LogP contribution in [0.1, 0.15) is 29.4 Å². The summed E-state index contributed by atoms with van der Waals surface area (Å²) in [6, 6.07) is 7.80. The Morgan fingerprint density at radius 1 is 1.21 bits per heavy atom. The Bertz CT molecular complexity index is 1140. The largest absolute Gasteiger partial charge is 0.318 e. The molecule has 0 spiro atoms. The van der Waals surface area contributed by atoms with Crippen LogP contribution >= 0.6 is 23.4 Å². The van der Waals surface area contributed by atoms with Gasteiger partial charge < -0.3 is 4.57 Å². The fourth-order valence-electron chi connectivity index (χ4n) is 3.39. The molecular formula is C20H18ClN5OS. The summed E-state index contributed by atoms with van der Waals surface area (Å²) in [5.41, 5.74) is 5.04. The van der Waals surface area contributed by atoms with Crippen molar-refractivity contribution in [3.05, 3.63) is 57.4 Å². The highest BCUT2D eigenvalue weighted by molar-refractivity contribution is 8.26. The van der Waals surface area contributed by atoms with E-state index in [2.05, 4.69) is 14.7 Å². The van der Waals surface area contributed by atoms with Crippen LogP contribution in [0.25, 0.3) is 11.8 Å². The monoisotopic (exact) mass is 411 g/mol. The van der Waals surface area contributed by atoms with Crippen molar-refractivity contribution in [2.24, 2.45) is 10.1 Å². The number of hydrazone groups is 1. The van der Waals surface area contributed by atoms with Crippen LogP contribution in [-0.4, -0.2) is 31.5 Å². The molecule has 0 saturated heterocycles. The minimum absolute atomic E-state index is 0.0445. The van der Waals surface area contributed by atoms with Crippen LogP contribution in [0.5, 0.6) is 0 Å². The second-order valence-electron chi connectivity index (χ2n) is 6.68. The van der Waals surface area contributed by atoms with E-state index < -0.39 is 5.91 Å². The van der Waals surface area contributed by atoms with Crippen LogP contribution in [0.3, 0.4) is 0 Å². The summed E-state index contributed by atoms with van der Waals surface area (Å²) in [5.74, 6) is -0.375. The number of carbonyl (C=O) groups excluding carboxylic acids is 1. The van der Waals surface area contributed by atoms with Gasteiger partial charge in [0.05, 0.1) is 10.6 Å². The quantitative estimate of drug-likeness (QED) is 0.728. The number of nitrogens with zero attached hydrogens (tertiary/aromatic N) is 4. The molecule has 2 aromatic rings. The fourth-order valence-corrected chi connectivity index (χ4v) is 4.29. The molecule has 6 nitrogen and oxygen atoms in total. The maximum atomic E-state index is 12.5. The standard InChI is InChI=1S/C20H18ClN5OS/c1-10-8-14(12(3)25(10)17-7-5-6-16(21)11(17)2)9-15-18(22)26-20(23-19(15)27)28-13(4)24-26/h5-9,22H,1-4H3/b15-9-,22-18?. The third-order valence-electron chi connectivity index (χ3n) is 4.81. The molecule has 2 aliphatic rings. The molecule has 1 N–H and O–H groups in total. The molecule has 2 aliphatic heterocycles. The fraction of sp³-hybridized carbons (Fsp3) is 0.200. The van der Waals surface area contributed by atoms with Crippen molar-refractivity contribution in [2.45, 2.75) is 27.7 Å². The highest BCUT2D eigenvalue weighted by atomic mass is 35.5. The van der Waals surface area contributed by atoms with Crippen molar-refractivity contribution in [3.8, 4) is 5.69 Å². The summed E-state index contributed by atoms with van der Waals surface area (Å²) in [7, 11) is 0. The Labute approximate surface area is 172 Å². The Kier molecular flexibility index (Phi) is 4.51. The van der Waals surface area contributed by atoms with E-state index in [0.29, 0.717) is 10.2 Å². The first-order valence-electron chi connectivity index (χ1n) is 8.69. The average molecular weight is 412 g/mol. The maximum Gasteiger partial charge on any atom is 0.283 e. The van der Waals surface area contributed by atoms with Crippen molar-refractivity contribution in [2.75, 3.05) is 0 Å². The molecule has 1 amide bonds. The zero-order valence-electron chi connectivity index (χ0n) is 15.9. The van der Waals surface area contributed by atoms with Crippen LogP contribution in [0.15, 0.2) is 39.9 Å². The summed E-state index contributed by atoms with van der Waals surface area (Å²) in [6.07, 6.45) is 1.72. The lowest BCUT2D eigenvalue weighted by atomic mass is 10.1. The highest BCUT2D eigenvalue weighted by Crippen LogP contribution is 2.31.